The molecule has 174 valence electrons. The highest BCUT2D eigenvalue weighted by atomic mass is 35.5. The summed E-state index contributed by atoms with van der Waals surface area (Å²) in [6.07, 6.45) is 5.38. The van der Waals surface area contributed by atoms with E-state index in [0.717, 1.165) is 24.2 Å². The van der Waals surface area contributed by atoms with Gasteiger partial charge in [-0.15, -0.1) is 24.8 Å². The summed E-state index contributed by atoms with van der Waals surface area (Å²) in [7, 11) is 0. The van der Waals surface area contributed by atoms with E-state index in [2.05, 4.69) is 9.88 Å². The number of nitrogens with two attached hydrogens (primary N) is 1. The van der Waals surface area contributed by atoms with Gasteiger partial charge in [0.05, 0.1) is 0 Å². The van der Waals surface area contributed by atoms with Crippen LogP contribution in [0.25, 0.3) is 0 Å². The van der Waals surface area contributed by atoms with Crippen LogP contribution in [-0.4, -0.2) is 53.2 Å². The summed E-state index contributed by atoms with van der Waals surface area (Å²) in [5, 5.41) is 17.6. The summed E-state index contributed by atoms with van der Waals surface area (Å²) in [6, 6.07) is 9.78. The average Bonchev–Trinajstić information content (AvgIpc) is 2.78. The van der Waals surface area contributed by atoms with Crippen molar-refractivity contribution in [3.05, 3.63) is 53.9 Å². The monoisotopic (exact) mass is 481 g/mol. The molecule has 3 heterocycles. The molecular weight excluding hydrogens is 453 g/mol. The van der Waals surface area contributed by atoms with E-state index in [1.807, 2.05) is 35.2 Å². The Kier molecular flexibility index (Phi) is 8.58. The Balaban J connectivity index is 0.00000181. The van der Waals surface area contributed by atoms with Crippen molar-refractivity contribution in [3.8, 4) is 5.75 Å². The minimum atomic E-state index is -0.898. The zero-order chi connectivity index (χ0) is 21.1. The van der Waals surface area contributed by atoms with Crippen molar-refractivity contribution in [1.29, 1.82) is 5.41 Å². The van der Waals surface area contributed by atoms with E-state index < -0.39 is 11.4 Å². The predicted octanol–water partition coefficient (Wildman–Crippen LogP) is 2.93. The third kappa shape index (κ3) is 5.37. The molecule has 2 aromatic rings. The lowest BCUT2D eigenvalue weighted by molar-refractivity contribution is -0.152. The van der Waals surface area contributed by atoms with E-state index in [-0.39, 0.29) is 37.4 Å². The van der Waals surface area contributed by atoms with E-state index in [1.54, 1.807) is 12.4 Å². The summed E-state index contributed by atoms with van der Waals surface area (Å²) in [6.45, 7) is 2.78. The lowest BCUT2D eigenvalue weighted by atomic mass is 9.79. The number of carboxylic acids is 1. The number of rotatable bonds is 5. The molecule has 0 saturated carbocycles. The van der Waals surface area contributed by atoms with Gasteiger partial charge in [-0.05, 0) is 54.7 Å². The van der Waals surface area contributed by atoms with E-state index >= 15 is 0 Å². The molecule has 2 aliphatic rings. The highest BCUT2D eigenvalue weighted by Crippen LogP contribution is 2.35. The minimum absolute atomic E-state index is 0. The number of carboxylic acid groups (broad SMARTS) is 1. The van der Waals surface area contributed by atoms with E-state index in [1.165, 1.54) is 5.56 Å². The average molecular weight is 482 g/mol. The lowest BCUT2D eigenvalue weighted by Gasteiger charge is -2.39. The molecule has 1 fully saturated rings. The summed E-state index contributed by atoms with van der Waals surface area (Å²) in [5.74, 6) is -0.0771. The van der Waals surface area contributed by atoms with Crippen molar-refractivity contribution in [2.45, 2.75) is 25.8 Å². The number of hydrogen-bond acceptors (Lipinski definition) is 5. The highest BCUT2D eigenvalue weighted by Gasteiger charge is 2.42. The number of nitrogens with zero attached hydrogens (tertiary/aromatic N) is 3. The molecule has 0 unspecified atom stereocenters. The van der Waals surface area contributed by atoms with Gasteiger partial charge >= 0.3 is 5.97 Å². The van der Waals surface area contributed by atoms with Crippen LogP contribution in [0.15, 0.2) is 42.7 Å². The van der Waals surface area contributed by atoms with E-state index in [0.29, 0.717) is 38.2 Å². The molecule has 4 N–H and O–H groups in total. The van der Waals surface area contributed by atoms with Gasteiger partial charge in [-0.25, -0.2) is 0 Å². The van der Waals surface area contributed by atoms with Gasteiger partial charge in [0.1, 0.15) is 17.8 Å². The number of pyridine rings is 1. The maximum Gasteiger partial charge on any atom is 0.313 e. The zero-order valence-electron chi connectivity index (χ0n) is 17.7. The third-order valence-electron chi connectivity index (χ3n) is 6.25. The fourth-order valence-electron chi connectivity index (χ4n) is 4.22. The molecule has 8 nitrogen and oxygen atoms in total. The molecule has 0 bridgehead atoms. The Bertz CT molecular complexity index is 936. The SMILES string of the molecule is Cl.Cl.N=C(N)N1CCc2ccc(OCC3(C(=O)O)CCN(c4ccncc4)CC3)cc2C1. The molecule has 0 spiro atoms. The first-order valence-electron chi connectivity index (χ1n) is 10.2. The standard InChI is InChI=1S/C22H27N5O3.2ClH/c23-21(24)27-10-5-16-1-2-19(13-17(16)14-27)30-15-22(20(28)29)6-11-26(12-7-22)18-3-8-25-9-4-18;;/h1-4,8-9,13H,5-7,10-12,14-15H2,(H3,23,24)(H,28,29);2*1H. The molecule has 0 radical (unpaired) electrons. The van der Waals surface area contributed by atoms with Crippen molar-refractivity contribution in [3.63, 3.8) is 0 Å². The number of aromatic nitrogens is 1. The second-order valence-electron chi connectivity index (χ2n) is 8.05. The lowest BCUT2D eigenvalue weighted by Crippen LogP contribution is -2.47. The molecule has 0 atom stereocenters. The molecule has 2 aliphatic heterocycles. The first kappa shape index (κ1) is 25.5. The van der Waals surface area contributed by atoms with Crippen molar-refractivity contribution in [1.82, 2.24) is 9.88 Å². The van der Waals surface area contributed by atoms with Crippen LogP contribution < -0.4 is 15.4 Å². The molecule has 1 aromatic heterocycles. The van der Waals surface area contributed by atoms with Gasteiger partial charge in [0.25, 0.3) is 0 Å². The Morgan fingerprint density at radius 3 is 2.44 bits per heavy atom. The van der Waals surface area contributed by atoms with Gasteiger partial charge in [0.2, 0.25) is 0 Å². The van der Waals surface area contributed by atoms with Crippen LogP contribution in [0.2, 0.25) is 0 Å². The van der Waals surface area contributed by atoms with E-state index in [9.17, 15) is 9.90 Å². The normalized spacial score (nSPS) is 16.8. The molecular formula is C22H29Cl2N5O3. The Labute approximate surface area is 200 Å². The number of nitrogens with one attached hydrogen (secondary N) is 1. The second-order valence-corrected chi connectivity index (χ2v) is 8.05. The summed E-state index contributed by atoms with van der Waals surface area (Å²) in [4.78, 5) is 20.2. The summed E-state index contributed by atoms with van der Waals surface area (Å²) >= 11 is 0. The number of hydrogen-bond donors (Lipinski definition) is 3. The maximum atomic E-state index is 12.1. The topological polar surface area (TPSA) is 116 Å². The summed E-state index contributed by atoms with van der Waals surface area (Å²) in [5.41, 5.74) is 8.09. The molecule has 32 heavy (non-hydrogen) atoms. The number of halogens is 2. The summed E-state index contributed by atoms with van der Waals surface area (Å²) < 4.78 is 6.00. The number of anilines is 1. The number of benzene rings is 1. The van der Waals surface area contributed by atoms with Gasteiger partial charge in [-0.1, -0.05) is 6.07 Å². The fourth-order valence-corrected chi connectivity index (χ4v) is 4.22. The van der Waals surface area contributed by atoms with Crippen LogP contribution in [0.4, 0.5) is 5.69 Å². The van der Waals surface area contributed by atoms with Gasteiger partial charge in [-0.3, -0.25) is 15.2 Å². The van der Waals surface area contributed by atoms with Crippen LogP contribution in [0.1, 0.15) is 24.0 Å². The second kappa shape index (κ2) is 10.7. The van der Waals surface area contributed by atoms with Gasteiger partial charge in [-0.2, -0.15) is 0 Å². The minimum Gasteiger partial charge on any atom is -0.492 e. The molecule has 4 rings (SSSR count). The van der Waals surface area contributed by atoms with Crippen LogP contribution in [0.3, 0.4) is 0 Å². The number of guanidine groups is 1. The highest BCUT2D eigenvalue weighted by molar-refractivity contribution is 5.85. The van der Waals surface area contributed by atoms with Crippen molar-refractivity contribution in [2.75, 3.05) is 31.1 Å². The zero-order valence-corrected chi connectivity index (χ0v) is 19.3. The van der Waals surface area contributed by atoms with Crippen LogP contribution in [-0.2, 0) is 17.8 Å². The van der Waals surface area contributed by atoms with Gasteiger partial charge in [0, 0.05) is 44.3 Å². The van der Waals surface area contributed by atoms with E-state index in [4.69, 9.17) is 15.9 Å². The van der Waals surface area contributed by atoms with Crippen molar-refractivity contribution < 1.29 is 14.6 Å². The maximum absolute atomic E-state index is 12.1. The number of piperidine rings is 1. The number of fused-ring (bicyclic) bond motifs is 1. The van der Waals surface area contributed by atoms with Crippen LogP contribution in [0, 0.1) is 10.8 Å². The largest absolute Gasteiger partial charge is 0.492 e. The number of aliphatic carboxylic acids is 1. The molecule has 0 amide bonds. The quantitative estimate of drug-likeness (QED) is 0.443. The Hall–Kier alpha value is -2.71. The molecule has 1 aromatic carbocycles. The van der Waals surface area contributed by atoms with Crippen LogP contribution >= 0.6 is 24.8 Å². The van der Waals surface area contributed by atoms with Gasteiger partial charge in [0.15, 0.2) is 5.96 Å². The fraction of sp³-hybridized carbons (Fsp3) is 0.409. The molecule has 10 heteroatoms. The first-order valence-corrected chi connectivity index (χ1v) is 10.2. The third-order valence-corrected chi connectivity index (χ3v) is 6.25. The van der Waals surface area contributed by atoms with Crippen molar-refractivity contribution >= 4 is 42.4 Å². The predicted molar refractivity (Wildman–Crippen MR) is 128 cm³/mol. The van der Waals surface area contributed by atoms with Crippen molar-refractivity contribution in [2.24, 2.45) is 11.1 Å². The molecule has 1 saturated heterocycles. The smallest absolute Gasteiger partial charge is 0.313 e. The molecule has 0 aliphatic carbocycles. The number of carbonyl (C=O) groups is 1. The van der Waals surface area contributed by atoms with Crippen LogP contribution in [0.5, 0.6) is 5.75 Å². The Morgan fingerprint density at radius 2 is 1.81 bits per heavy atom. The van der Waals surface area contributed by atoms with Gasteiger partial charge < -0.3 is 25.4 Å². The Morgan fingerprint density at radius 1 is 1.12 bits per heavy atom. The first-order chi connectivity index (χ1) is 14.5. The number of ether oxygens (including phenoxy) is 1.